The van der Waals surface area contributed by atoms with E-state index in [-0.39, 0.29) is 56.7 Å². The number of hydrogen-bond acceptors (Lipinski definition) is 4. The molecule has 0 aromatic rings. The summed E-state index contributed by atoms with van der Waals surface area (Å²) in [7, 11) is 0. The Bertz CT molecular complexity index is 461. The standard InChI is InChI=1S/2C18H36O2.Ca.H3N/c2*1-2-3-4-5-6-7-8-9-10-11-12-13-14-15-16-17-18(19)20;;/h2*2-17H2,1H3,(H,19,20);;1H3/q;;+2;/p-1. The molecule has 4 N–H and O–H groups in total. The van der Waals surface area contributed by atoms with Gasteiger partial charge in [0.25, 0.3) is 0 Å². The second-order valence-corrected chi connectivity index (χ2v) is 12.1. The Morgan fingerprint density at radius 3 is 0.619 bits per heavy atom. The van der Waals surface area contributed by atoms with Gasteiger partial charge in [-0.2, -0.15) is 0 Å². The molecule has 0 bridgehead atoms. The van der Waals surface area contributed by atoms with Crippen LogP contribution >= 0.6 is 0 Å². The van der Waals surface area contributed by atoms with Crippen LogP contribution in [0.4, 0.5) is 0 Å². The fraction of sp³-hybridized carbons (Fsp3) is 0.944. The molecule has 0 unspecified atom stereocenters. The van der Waals surface area contributed by atoms with Gasteiger partial charge in [-0.1, -0.05) is 194 Å². The number of rotatable bonds is 32. The minimum absolute atomic E-state index is 0. The molecule has 6 heteroatoms. The van der Waals surface area contributed by atoms with Crippen LogP contribution in [0.3, 0.4) is 0 Å². The first-order valence-corrected chi connectivity index (χ1v) is 17.9. The summed E-state index contributed by atoms with van der Waals surface area (Å²) in [6, 6.07) is 0. The van der Waals surface area contributed by atoms with Crippen molar-refractivity contribution in [2.45, 2.75) is 219 Å². The maximum atomic E-state index is 10.2. The first kappa shape index (κ1) is 49.0. The minimum Gasteiger partial charge on any atom is -0.550 e. The van der Waals surface area contributed by atoms with Crippen LogP contribution in [0.25, 0.3) is 0 Å². The molecule has 0 aromatic heterocycles. The van der Waals surface area contributed by atoms with Crippen molar-refractivity contribution < 1.29 is 19.8 Å². The molecule has 0 aliphatic carbocycles. The third-order valence-electron chi connectivity index (χ3n) is 7.97. The van der Waals surface area contributed by atoms with Gasteiger partial charge in [-0.25, -0.2) is 0 Å². The van der Waals surface area contributed by atoms with E-state index in [4.69, 9.17) is 0 Å². The van der Waals surface area contributed by atoms with Crippen molar-refractivity contribution in [1.29, 1.82) is 0 Å². The van der Waals surface area contributed by atoms with Gasteiger partial charge in [0.15, 0.2) is 0 Å². The van der Waals surface area contributed by atoms with Crippen LogP contribution in [0.2, 0.25) is 0 Å². The van der Waals surface area contributed by atoms with E-state index in [1.807, 2.05) is 0 Å². The maximum Gasteiger partial charge on any atom is 2.00 e. The van der Waals surface area contributed by atoms with E-state index < -0.39 is 11.9 Å². The maximum absolute atomic E-state index is 10.2. The van der Waals surface area contributed by atoms with Crippen LogP contribution in [-0.4, -0.2) is 49.7 Å². The Morgan fingerprint density at radius 2 is 0.476 bits per heavy atom. The Kier molecular flexibility index (Phi) is 53.2. The van der Waals surface area contributed by atoms with E-state index in [2.05, 4.69) is 13.8 Å². The van der Waals surface area contributed by atoms with Crippen LogP contribution < -0.4 is 16.4 Å². The molecule has 0 aromatic carbocycles. The van der Waals surface area contributed by atoms with Crippen molar-refractivity contribution in [3.05, 3.63) is 0 Å². The Balaban J connectivity index is -0.000000328. The summed E-state index contributed by atoms with van der Waals surface area (Å²) in [4.78, 5) is 20.4. The van der Waals surface area contributed by atoms with Gasteiger partial charge in [0.2, 0.25) is 0 Å². The van der Waals surface area contributed by atoms with Crippen molar-refractivity contribution in [2.24, 2.45) is 0 Å². The zero-order valence-electron chi connectivity index (χ0n) is 29.0. The van der Waals surface area contributed by atoms with Gasteiger partial charge in [-0.3, -0.25) is 0 Å². The molecule has 0 aliphatic heterocycles. The van der Waals surface area contributed by atoms with Crippen molar-refractivity contribution >= 4 is 49.7 Å². The minimum atomic E-state index is -0.903. The monoisotopic (exact) mass is 625 g/mol. The number of hydrogen-bond donors (Lipinski definition) is 1. The van der Waals surface area contributed by atoms with E-state index in [0.29, 0.717) is 0 Å². The average molecular weight is 625 g/mol. The zero-order valence-corrected chi connectivity index (χ0v) is 31.2. The van der Waals surface area contributed by atoms with E-state index >= 15 is 0 Å². The van der Waals surface area contributed by atoms with Crippen LogP contribution in [0.15, 0.2) is 0 Å². The number of carboxylic acid groups (broad SMARTS) is 2. The van der Waals surface area contributed by atoms with Crippen LogP contribution in [0, 0.1) is 0 Å². The fourth-order valence-corrected chi connectivity index (χ4v) is 5.28. The predicted octanol–water partition coefficient (Wildman–Crippen LogP) is 9.99. The van der Waals surface area contributed by atoms with E-state index in [0.717, 1.165) is 25.7 Å². The van der Waals surface area contributed by atoms with Gasteiger partial charge < -0.3 is 26.0 Å². The van der Waals surface area contributed by atoms with E-state index in [1.165, 1.54) is 167 Å². The molecule has 0 saturated carbocycles. The quantitative estimate of drug-likeness (QED) is 0.0592. The molecule has 0 saturated heterocycles. The van der Waals surface area contributed by atoms with Crippen molar-refractivity contribution in [1.82, 2.24) is 6.15 Å². The van der Waals surface area contributed by atoms with Gasteiger partial charge in [0.05, 0.1) is 0 Å². The smallest absolute Gasteiger partial charge is 0.550 e. The molecule has 0 atom stereocenters. The number of carbonyl (C=O) groups is 2. The second-order valence-electron chi connectivity index (χ2n) is 12.1. The third-order valence-corrected chi connectivity index (χ3v) is 7.97. The first-order chi connectivity index (χ1) is 19.5. The zero-order chi connectivity index (χ0) is 29.8. The molecule has 0 radical (unpaired) electrons. The van der Waals surface area contributed by atoms with Gasteiger partial charge in [-0.15, -0.1) is 0 Å². The summed E-state index contributed by atoms with van der Waals surface area (Å²) < 4.78 is 0. The number of quaternary nitrogens is 1. The molecule has 0 rings (SSSR count). The van der Waals surface area contributed by atoms with Crippen molar-refractivity contribution in [2.75, 3.05) is 0 Å². The summed E-state index contributed by atoms with van der Waals surface area (Å²) in [5.41, 5.74) is 0. The molecular weight excluding hydrogens is 550 g/mol. The number of unbranched alkanes of at least 4 members (excludes halogenated alkanes) is 28. The van der Waals surface area contributed by atoms with Crippen LogP contribution in [-0.2, 0) is 9.59 Å². The summed E-state index contributed by atoms with van der Waals surface area (Å²) >= 11 is 0. The first-order valence-electron chi connectivity index (χ1n) is 17.9. The average Bonchev–Trinajstić information content (AvgIpc) is 2.93. The molecule has 5 nitrogen and oxygen atoms in total. The van der Waals surface area contributed by atoms with Crippen molar-refractivity contribution in [3.63, 3.8) is 0 Å². The topological polar surface area (TPSA) is 117 Å². The number of carbonyl (C=O) groups excluding carboxylic acids is 2. The SMILES string of the molecule is CCCCCCCCCCCCCCCCCC(=O)[O-].CCCCCCCCCCCCCCCCCC(=O)[O-].[Ca+2].[NH4+]. The second kappa shape index (κ2) is 45.6. The van der Waals surface area contributed by atoms with E-state index in [9.17, 15) is 19.8 Å². The molecule has 42 heavy (non-hydrogen) atoms. The Morgan fingerprint density at radius 1 is 0.333 bits per heavy atom. The Labute approximate surface area is 293 Å². The summed E-state index contributed by atoms with van der Waals surface area (Å²) in [6.07, 6.45) is 39.7. The van der Waals surface area contributed by atoms with Crippen LogP contribution in [0.1, 0.15) is 219 Å². The Hall–Kier alpha value is 0.160. The molecular formula is C36H74CaNO4+. The predicted molar refractivity (Wildman–Crippen MR) is 181 cm³/mol. The third kappa shape index (κ3) is 52.8. The van der Waals surface area contributed by atoms with Gasteiger partial charge in [0, 0.05) is 11.9 Å². The van der Waals surface area contributed by atoms with Gasteiger partial charge in [0.1, 0.15) is 0 Å². The van der Waals surface area contributed by atoms with Crippen LogP contribution in [0.5, 0.6) is 0 Å². The van der Waals surface area contributed by atoms with Crippen molar-refractivity contribution in [3.8, 4) is 0 Å². The molecule has 0 aliphatic rings. The fourth-order valence-electron chi connectivity index (χ4n) is 5.28. The number of aliphatic carboxylic acids is 2. The van der Waals surface area contributed by atoms with Gasteiger partial charge in [-0.05, 0) is 25.7 Å². The van der Waals surface area contributed by atoms with Gasteiger partial charge >= 0.3 is 37.7 Å². The molecule has 248 valence electrons. The molecule has 0 spiro atoms. The molecule has 0 amide bonds. The largest absolute Gasteiger partial charge is 2.00 e. The van der Waals surface area contributed by atoms with E-state index in [1.54, 1.807) is 0 Å². The number of carboxylic acids is 2. The molecule has 0 heterocycles. The normalized spacial score (nSPS) is 10.3. The summed E-state index contributed by atoms with van der Waals surface area (Å²) in [5, 5.41) is 20.4. The summed E-state index contributed by atoms with van der Waals surface area (Å²) in [5.74, 6) is -1.81. The molecule has 0 fully saturated rings. The summed E-state index contributed by atoms with van der Waals surface area (Å²) in [6.45, 7) is 4.53.